The lowest BCUT2D eigenvalue weighted by Crippen LogP contribution is -2.59. The van der Waals surface area contributed by atoms with Crippen molar-refractivity contribution in [3.8, 4) is 0 Å². The standard InChI is InChI=1S/C20H27N3O2/c24-19-9-4-12-23(19)15-6-3-5-14(13-15)10-11-18-16-7-1-2-8-17(16)20(25)22-21-18/h3,5-6,13,16-18,21H,1-2,4,7-12H2,(H,22,25). The second kappa shape index (κ2) is 7.16. The van der Waals surface area contributed by atoms with Gasteiger partial charge in [-0.2, -0.15) is 0 Å². The van der Waals surface area contributed by atoms with Crippen molar-refractivity contribution in [2.24, 2.45) is 11.8 Å². The summed E-state index contributed by atoms with van der Waals surface area (Å²) in [5.74, 6) is 1.06. The summed E-state index contributed by atoms with van der Waals surface area (Å²) in [6.45, 7) is 0.836. The van der Waals surface area contributed by atoms with Gasteiger partial charge >= 0.3 is 0 Å². The number of rotatable bonds is 4. The molecule has 25 heavy (non-hydrogen) atoms. The molecular weight excluding hydrogens is 314 g/mol. The topological polar surface area (TPSA) is 61.4 Å². The molecule has 2 N–H and O–H groups in total. The van der Waals surface area contributed by atoms with E-state index in [0.717, 1.165) is 44.3 Å². The fourth-order valence-electron chi connectivity index (χ4n) is 4.74. The highest BCUT2D eigenvalue weighted by molar-refractivity contribution is 5.95. The average Bonchev–Trinajstić information content (AvgIpc) is 3.08. The number of aryl methyl sites for hydroxylation is 1. The monoisotopic (exact) mass is 341 g/mol. The van der Waals surface area contributed by atoms with Crippen LogP contribution in [0.3, 0.4) is 0 Å². The largest absolute Gasteiger partial charge is 0.312 e. The number of fused-ring (bicyclic) bond motifs is 1. The normalized spacial score (nSPS) is 29.4. The number of nitrogens with zero attached hydrogens (tertiary/aromatic N) is 1. The molecule has 0 bridgehead atoms. The predicted molar refractivity (Wildman–Crippen MR) is 96.9 cm³/mol. The van der Waals surface area contributed by atoms with Crippen LogP contribution in [0.2, 0.25) is 0 Å². The second-order valence-corrected chi connectivity index (χ2v) is 7.65. The zero-order chi connectivity index (χ0) is 17.2. The van der Waals surface area contributed by atoms with Crippen molar-refractivity contribution < 1.29 is 9.59 Å². The second-order valence-electron chi connectivity index (χ2n) is 7.65. The molecule has 4 rings (SSSR count). The highest BCUT2D eigenvalue weighted by atomic mass is 16.2. The van der Waals surface area contributed by atoms with Gasteiger partial charge in [0.2, 0.25) is 11.8 Å². The molecule has 2 amide bonds. The zero-order valence-electron chi connectivity index (χ0n) is 14.7. The number of hydrazine groups is 1. The van der Waals surface area contributed by atoms with Crippen molar-refractivity contribution >= 4 is 17.5 Å². The van der Waals surface area contributed by atoms with Crippen LogP contribution in [0.4, 0.5) is 5.69 Å². The fourth-order valence-corrected chi connectivity index (χ4v) is 4.74. The molecule has 0 spiro atoms. The van der Waals surface area contributed by atoms with Gasteiger partial charge in [0, 0.05) is 30.6 Å². The number of carbonyl (C=O) groups is 2. The smallest absolute Gasteiger partial charge is 0.237 e. The number of benzene rings is 1. The van der Waals surface area contributed by atoms with Crippen molar-refractivity contribution in [2.75, 3.05) is 11.4 Å². The Bertz CT molecular complexity index is 660. The summed E-state index contributed by atoms with van der Waals surface area (Å²) in [7, 11) is 0. The third kappa shape index (κ3) is 3.43. The molecule has 1 aromatic carbocycles. The molecule has 3 atom stereocenters. The van der Waals surface area contributed by atoms with E-state index in [9.17, 15) is 9.59 Å². The summed E-state index contributed by atoms with van der Waals surface area (Å²) in [5, 5.41) is 0. The van der Waals surface area contributed by atoms with Gasteiger partial charge in [-0.05, 0) is 55.7 Å². The third-order valence-electron chi connectivity index (χ3n) is 6.09. The van der Waals surface area contributed by atoms with Crippen LogP contribution in [-0.4, -0.2) is 24.4 Å². The van der Waals surface area contributed by atoms with E-state index in [1.807, 2.05) is 11.0 Å². The Hall–Kier alpha value is -1.88. The Kier molecular flexibility index (Phi) is 4.75. The molecule has 3 fully saturated rings. The summed E-state index contributed by atoms with van der Waals surface area (Å²) in [4.78, 5) is 25.9. The zero-order valence-corrected chi connectivity index (χ0v) is 14.7. The highest BCUT2D eigenvalue weighted by Crippen LogP contribution is 2.35. The molecule has 5 heteroatoms. The first kappa shape index (κ1) is 16.6. The lowest BCUT2D eigenvalue weighted by Gasteiger charge is -2.41. The van der Waals surface area contributed by atoms with Gasteiger partial charge in [-0.15, -0.1) is 0 Å². The number of anilines is 1. The summed E-state index contributed by atoms with van der Waals surface area (Å²) in [6.07, 6.45) is 8.19. The van der Waals surface area contributed by atoms with Crippen LogP contribution >= 0.6 is 0 Å². The Morgan fingerprint density at radius 3 is 2.84 bits per heavy atom. The minimum absolute atomic E-state index is 0.176. The van der Waals surface area contributed by atoms with Gasteiger partial charge in [0.05, 0.1) is 0 Å². The quantitative estimate of drug-likeness (QED) is 0.885. The molecule has 3 aliphatic rings. The van der Waals surface area contributed by atoms with Gasteiger partial charge in [0.15, 0.2) is 0 Å². The number of hydrogen-bond donors (Lipinski definition) is 2. The minimum atomic E-state index is 0.176. The molecule has 2 saturated heterocycles. The first-order chi connectivity index (χ1) is 12.2. The lowest BCUT2D eigenvalue weighted by molar-refractivity contribution is -0.133. The molecule has 1 aromatic rings. The van der Waals surface area contributed by atoms with Crippen LogP contribution in [0, 0.1) is 11.8 Å². The van der Waals surface area contributed by atoms with E-state index in [0.29, 0.717) is 18.4 Å². The lowest BCUT2D eigenvalue weighted by atomic mass is 9.72. The summed E-state index contributed by atoms with van der Waals surface area (Å²) in [5.41, 5.74) is 8.43. The van der Waals surface area contributed by atoms with E-state index < -0.39 is 0 Å². The number of hydrogen-bond acceptors (Lipinski definition) is 3. The molecular formula is C20H27N3O2. The molecule has 2 aliphatic heterocycles. The molecule has 0 radical (unpaired) electrons. The Morgan fingerprint density at radius 2 is 2.00 bits per heavy atom. The first-order valence-corrected chi connectivity index (χ1v) is 9.67. The molecule has 2 heterocycles. The van der Waals surface area contributed by atoms with Crippen molar-refractivity contribution in [3.63, 3.8) is 0 Å². The van der Waals surface area contributed by atoms with Crippen LogP contribution in [0.5, 0.6) is 0 Å². The Balaban J connectivity index is 1.41. The third-order valence-corrected chi connectivity index (χ3v) is 6.09. The fraction of sp³-hybridized carbons (Fsp3) is 0.600. The van der Waals surface area contributed by atoms with E-state index in [-0.39, 0.29) is 17.7 Å². The van der Waals surface area contributed by atoms with E-state index >= 15 is 0 Å². The molecule has 5 nitrogen and oxygen atoms in total. The molecule has 134 valence electrons. The van der Waals surface area contributed by atoms with Crippen LogP contribution < -0.4 is 15.8 Å². The van der Waals surface area contributed by atoms with E-state index in [4.69, 9.17) is 0 Å². The summed E-state index contributed by atoms with van der Waals surface area (Å²) >= 11 is 0. The van der Waals surface area contributed by atoms with Gasteiger partial charge in [-0.25, -0.2) is 5.43 Å². The molecule has 1 aliphatic carbocycles. The molecule has 1 saturated carbocycles. The maximum atomic E-state index is 12.1. The van der Waals surface area contributed by atoms with E-state index in [1.165, 1.54) is 18.4 Å². The maximum absolute atomic E-state index is 12.1. The van der Waals surface area contributed by atoms with Gasteiger partial charge in [-0.3, -0.25) is 15.0 Å². The van der Waals surface area contributed by atoms with Gasteiger partial charge in [-0.1, -0.05) is 25.0 Å². The Labute approximate surface area is 149 Å². The number of amides is 2. The predicted octanol–water partition coefficient (Wildman–Crippen LogP) is 2.56. The highest BCUT2D eigenvalue weighted by Gasteiger charge is 2.39. The van der Waals surface area contributed by atoms with Gasteiger partial charge in [0.1, 0.15) is 0 Å². The van der Waals surface area contributed by atoms with Crippen molar-refractivity contribution in [3.05, 3.63) is 29.8 Å². The minimum Gasteiger partial charge on any atom is -0.312 e. The first-order valence-electron chi connectivity index (χ1n) is 9.67. The number of nitrogens with one attached hydrogen (secondary N) is 2. The maximum Gasteiger partial charge on any atom is 0.237 e. The van der Waals surface area contributed by atoms with E-state index in [1.54, 1.807) is 0 Å². The van der Waals surface area contributed by atoms with Crippen LogP contribution in [0.15, 0.2) is 24.3 Å². The summed E-state index contributed by atoms with van der Waals surface area (Å²) < 4.78 is 0. The molecule has 3 unspecified atom stereocenters. The average molecular weight is 341 g/mol. The SMILES string of the molecule is O=C1NNC(CCc2cccc(N3CCCC3=O)c2)C2CCCCC12. The van der Waals surface area contributed by atoms with Crippen LogP contribution in [0.1, 0.15) is 50.5 Å². The molecule has 0 aromatic heterocycles. The van der Waals surface area contributed by atoms with Crippen molar-refractivity contribution in [2.45, 2.75) is 57.4 Å². The van der Waals surface area contributed by atoms with Crippen molar-refractivity contribution in [1.29, 1.82) is 0 Å². The van der Waals surface area contributed by atoms with Gasteiger partial charge < -0.3 is 4.90 Å². The summed E-state index contributed by atoms with van der Waals surface area (Å²) in [6, 6.07) is 8.73. The van der Waals surface area contributed by atoms with E-state index in [2.05, 4.69) is 29.1 Å². The van der Waals surface area contributed by atoms with Crippen molar-refractivity contribution in [1.82, 2.24) is 10.9 Å². The van der Waals surface area contributed by atoms with Gasteiger partial charge in [0.25, 0.3) is 0 Å². The Morgan fingerprint density at radius 1 is 1.12 bits per heavy atom. The van der Waals surface area contributed by atoms with Crippen LogP contribution in [0.25, 0.3) is 0 Å². The number of carbonyl (C=O) groups excluding carboxylic acids is 2. The van der Waals surface area contributed by atoms with Crippen LogP contribution in [-0.2, 0) is 16.0 Å².